The molecule has 0 amide bonds. The third kappa shape index (κ3) is 2.44. The van der Waals surface area contributed by atoms with Crippen molar-refractivity contribution in [1.29, 1.82) is 0 Å². The van der Waals surface area contributed by atoms with Crippen LogP contribution in [0.4, 0.5) is 5.69 Å². The number of nitrogens with one attached hydrogen (secondary N) is 1. The van der Waals surface area contributed by atoms with Crippen molar-refractivity contribution in [2.45, 2.75) is 12.5 Å². The lowest BCUT2D eigenvalue weighted by molar-refractivity contribution is 0.0698. The molecule has 1 aliphatic heterocycles. The Balaban J connectivity index is 2.25. The molecule has 1 aromatic rings. The van der Waals surface area contributed by atoms with Crippen molar-refractivity contribution in [3.05, 3.63) is 28.8 Å². The van der Waals surface area contributed by atoms with E-state index in [9.17, 15) is 4.79 Å². The summed E-state index contributed by atoms with van der Waals surface area (Å²) in [6, 6.07) is 5.47. The highest BCUT2D eigenvalue weighted by Crippen LogP contribution is 2.27. The number of hydrogen-bond donors (Lipinski definition) is 2. The predicted octanol–water partition coefficient (Wildman–Crippen LogP) is 2.96. The van der Waals surface area contributed by atoms with E-state index in [2.05, 4.69) is 5.32 Å². The van der Waals surface area contributed by atoms with Gasteiger partial charge in [-0.25, -0.2) is 4.79 Å². The van der Waals surface area contributed by atoms with Gasteiger partial charge in [-0.1, -0.05) is 17.7 Å². The summed E-state index contributed by atoms with van der Waals surface area (Å²) in [7, 11) is 0. The normalized spacial score (nSPS) is 19.7. The standard InChI is InChI=1S/C11H12ClNO2S/c12-8-2-1-3-9(10(8)11(14)15)13-7-4-5-16-6-7/h1-3,7,13H,4-6H2,(H,14,15). The Morgan fingerprint density at radius 1 is 1.56 bits per heavy atom. The fourth-order valence-electron chi connectivity index (χ4n) is 1.73. The largest absolute Gasteiger partial charge is 0.478 e. The van der Waals surface area contributed by atoms with Crippen LogP contribution in [0.25, 0.3) is 0 Å². The number of aromatic carboxylic acids is 1. The van der Waals surface area contributed by atoms with E-state index in [-0.39, 0.29) is 10.6 Å². The number of carboxylic acid groups (broad SMARTS) is 1. The Bertz CT molecular complexity index is 405. The molecule has 86 valence electrons. The van der Waals surface area contributed by atoms with Gasteiger partial charge in [-0.3, -0.25) is 0 Å². The van der Waals surface area contributed by atoms with Gasteiger partial charge in [0.05, 0.1) is 10.7 Å². The lowest BCUT2D eigenvalue weighted by Crippen LogP contribution is -2.20. The van der Waals surface area contributed by atoms with Crippen molar-refractivity contribution in [1.82, 2.24) is 0 Å². The fourth-order valence-corrected chi connectivity index (χ4v) is 3.14. The molecule has 0 saturated carbocycles. The number of carboxylic acids is 1. The maximum atomic E-state index is 11.1. The molecule has 16 heavy (non-hydrogen) atoms. The van der Waals surface area contributed by atoms with Gasteiger partial charge in [0.25, 0.3) is 0 Å². The molecule has 0 aromatic heterocycles. The lowest BCUT2D eigenvalue weighted by atomic mass is 10.1. The maximum Gasteiger partial charge on any atom is 0.339 e. The van der Waals surface area contributed by atoms with Crippen molar-refractivity contribution >= 4 is 35.0 Å². The molecular formula is C11H12ClNO2S. The molecule has 3 nitrogen and oxygen atoms in total. The van der Waals surface area contributed by atoms with Crippen LogP contribution in [-0.4, -0.2) is 28.6 Å². The summed E-state index contributed by atoms with van der Waals surface area (Å²) in [6.07, 6.45) is 1.07. The van der Waals surface area contributed by atoms with Crippen LogP contribution in [-0.2, 0) is 0 Å². The smallest absolute Gasteiger partial charge is 0.339 e. The Kier molecular flexibility index (Phi) is 3.61. The highest BCUT2D eigenvalue weighted by molar-refractivity contribution is 7.99. The summed E-state index contributed by atoms with van der Waals surface area (Å²) < 4.78 is 0. The van der Waals surface area contributed by atoms with Gasteiger partial charge in [0, 0.05) is 11.8 Å². The maximum absolute atomic E-state index is 11.1. The molecule has 1 fully saturated rings. The first-order valence-electron chi connectivity index (χ1n) is 5.04. The first-order chi connectivity index (χ1) is 7.68. The molecule has 2 rings (SSSR count). The van der Waals surface area contributed by atoms with Gasteiger partial charge in [0.1, 0.15) is 5.56 Å². The third-order valence-corrected chi connectivity index (χ3v) is 3.99. The number of thioether (sulfide) groups is 1. The second-order valence-electron chi connectivity index (χ2n) is 3.67. The fraction of sp³-hybridized carbons (Fsp3) is 0.364. The number of carbonyl (C=O) groups is 1. The molecule has 0 spiro atoms. The van der Waals surface area contributed by atoms with E-state index in [1.54, 1.807) is 18.2 Å². The minimum Gasteiger partial charge on any atom is -0.478 e. The molecular weight excluding hydrogens is 246 g/mol. The van der Waals surface area contributed by atoms with E-state index in [4.69, 9.17) is 16.7 Å². The van der Waals surface area contributed by atoms with Crippen LogP contribution in [0.2, 0.25) is 5.02 Å². The minimum atomic E-state index is -0.987. The average Bonchev–Trinajstić information content (AvgIpc) is 2.70. The Morgan fingerprint density at radius 2 is 2.38 bits per heavy atom. The quantitative estimate of drug-likeness (QED) is 0.874. The van der Waals surface area contributed by atoms with Crippen LogP contribution in [0.3, 0.4) is 0 Å². The van der Waals surface area contributed by atoms with Gasteiger partial charge in [-0.15, -0.1) is 0 Å². The zero-order valence-electron chi connectivity index (χ0n) is 8.57. The van der Waals surface area contributed by atoms with Crippen LogP contribution in [0.15, 0.2) is 18.2 Å². The van der Waals surface area contributed by atoms with Crippen LogP contribution >= 0.6 is 23.4 Å². The van der Waals surface area contributed by atoms with Crippen molar-refractivity contribution in [3.63, 3.8) is 0 Å². The number of rotatable bonds is 3. The monoisotopic (exact) mass is 257 g/mol. The molecule has 1 unspecified atom stereocenters. The molecule has 1 aromatic carbocycles. The summed E-state index contributed by atoms with van der Waals surface area (Å²) >= 11 is 7.76. The number of anilines is 1. The summed E-state index contributed by atoms with van der Waals surface area (Å²) in [5.74, 6) is 1.16. The number of benzene rings is 1. The lowest BCUT2D eigenvalue weighted by Gasteiger charge is -2.15. The van der Waals surface area contributed by atoms with E-state index < -0.39 is 5.97 Å². The van der Waals surface area contributed by atoms with Gasteiger partial charge >= 0.3 is 5.97 Å². The van der Waals surface area contributed by atoms with Crippen molar-refractivity contribution in [2.24, 2.45) is 0 Å². The van der Waals surface area contributed by atoms with Crippen molar-refractivity contribution in [3.8, 4) is 0 Å². The minimum absolute atomic E-state index is 0.168. The molecule has 0 bridgehead atoms. The summed E-state index contributed by atoms with van der Waals surface area (Å²) in [4.78, 5) is 11.1. The van der Waals surface area contributed by atoms with Crippen molar-refractivity contribution in [2.75, 3.05) is 16.8 Å². The second-order valence-corrected chi connectivity index (χ2v) is 5.23. The van der Waals surface area contributed by atoms with E-state index in [1.165, 1.54) is 0 Å². The van der Waals surface area contributed by atoms with Crippen LogP contribution < -0.4 is 5.32 Å². The summed E-state index contributed by atoms with van der Waals surface area (Å²) in [5.41, 5.74) is 0.786. The topological polar surface area (TPSA) is 49.3 Å². The van der Waals surface area contributed by atoms with E-state index in [0.717, 1.165) is 17.9 Å². The Morgan fingerprint density at radius 3 is 3.00 bits per heavy atom. The molecule has 1 heterocycles. The molecule has 1 atom stereocenters. The van der Waals surface area contributed by atoms with Gasteiger partial charge in [0.2, 0.25) is 0 Å². The van der Waals surface area contributed by atoms with Gasteiger partial charge < -0.3 is 10.4 Å². The van der Waals surface area contributed by atoms with Gasteiger partial charge in [-0.05, 0) is 24.3 Å². The van der Waals surface area contributed by atoms with Crippen LogP contribution in [0.5, 0.6) is 0 Å². The molecule has 2 N–H and O–H groups in total. The number of hydrogen-bond acceptors (Lipinski definition) is 3. The van der Waals surface area contributed by atoms with Crippen LogP contribution in [0, 0.1) is 0 Å². The first-order valence-corrected chi connectivity index (χ1v) is 6.58. The highest BCUT2D eigenvalue weighted by atomic mass is 35.5. The van der Waals surface area contributed by atoms with E-state index in [1.807, 2.05) is 11.8 Å². The molecule has 1 aliphatic rings. The Hall–Kier alpha value is -0.870. The third-order valence-electron chi connectivity index (χ3n) is 2.52. The number of halogens is 1. The zero-order valence-corrected chi connectivity index (χ0v) is 10.1. The highest BCUT2D eigenvalue weighted by Gasteiger charge is 2.19. The zero-order chi connectivity index (χ0) is 11.5. The molecule has 1 saturated heterocycles. The van der Waals surface area contributed by atoms with Gasteiger partial charge in [-0.2, -0.15) is 11.8 Å². The second kappa shape index (κ2) is 4.97. The molecule has 5 heteroatoms. The van der Waals surface area contributed by atoms with Crippen molar-refractivity contribution < 1.29 is 9.90 Å². The van der Waals surface area contributed by atoms with E-state index >= 15 is 0 Å². The molecule has 0 radical (unpaired) electrons. The SMILES string of the molecule is O=C(O)c1c(Cl)cccc1NC1CCSC1. The predicted molar refractivity (Wildman–Crippen MR) is 67.8 cm³/mol. The van der Waals surface area contributed by atoms with E-state index in [0.29, 0.717) is 11.7 Å². The van der Waals surface area contributed by atoms with Crippen LogP contribution in [0.1, 0.15) is 16.8 Å². The Labute approximate surface area is 103 Å². The first kappa shape index (κ1) is 11.6. The summed E-state index contributed by atoms with van der Waals surface area (Å²) in [5, 5.41) is 12.6. The summed E-state index contributed by atoms with van der Waals surface area (Å²) in [6.45, 7) is 0. The van der Waals surface area contributed by atoms with Gasteiger partial charge in [0.15, 0.2) is 0 Å². The average molecular weight is 258 g/mol. The molecule has 0 aliphatic carbocycles.